The first-order valence-corrected chi connectivity index (χ1v) is 9.77. The summed E-state index contributed by atoms with van der Waals surface area (Å²) in [7, 11) is 3.16. The number of rotatable bonds is 4. The van der Waals surface area contributed by atoms with Crippen molar-refractivity contribution < 1.29 is 14.3 Å². The number of nitrogens with zero attached hydrogens (tertiary/aromatic N) is 2. The standard InChI is InChI=1S/C21H25BrN2O3/c1-14-6-5-7-17(15(14)2)23-8-10-24(11-9-23)21(25)16-12-18(26-3)20(22)19(13-16)27-4/h5-7,12-13H,8-11H2,1-4H3. The average molecular weight is 433 g/mol. The van der Waals surface area contributed by atoms with E-state index in [0.717, 1.165) is 13.1 Å². The molecule has 5 nitrogen and oxygen atoms in total. The Bertz CT molecular complexity index is 820. The second-order valence-electron chi connectivity index (χ2n) is 6.69. The van der Waals surface area contributed by atoms with Crippen LogP contribution in [0.2, 0.25) is 0 Å². The maximum atomic E-state index is 13.0. The van der Waals surface area contributed by atoms with Crippen molar-refractivity contribution in [2.24, 2.45) is 0 Å². The fourth-order valence-electron chi connectivity index (χ4n) is 3.40. The first-order valence-electron chi connectivity index (χ1n) is 8.98. The zero-order valence-electron chi connectivity index (χ0n) is 16.2. The van der Waals surface area contributed by atoms with Gasteiger partial charge in [0.25, 0.3) is 5.91 Å². The maximum Gasteiger partial charge on any atom is 0.254 e. The van der Waals surface area contributed by atoms with E-state index >= 15 is 0 Å². The van der Waals surface area contributed by atoms with E-state index in [9.17, 15) is 4.79 Å². The third-order valence-corrected chi connectivity index (χ3v) is 5.96. The molecule has 27 heavy (non-hydrogen) atoms. The lowest BCUT2D eigenvalue weighted by Crippen LogP contribution is -2.49. The fourth-order valence-corrected chi connectivity index (χ4v) is 3.96. The van der Waals surface area contributed by atoms with Crippen molar-refractivity contribution in [3.8, 4) is 11.5 Å². The van der Waals surface area contributed by atoms with Crippen molar-refractivity contribution >= 4 is 27.5 Å². The van der Waals surface area contributed by atoms with Crippen molar-refractivity contribution in [3.63, 3.8) is 0 Å². The Labute approximate surface area is 169 Å². The van der Waals surface area contributed by atoms with E-state index in [0.29, 0.717) is 34.6 Å². The van der Waals surface area contributed by atoms with Gasteiger partial charge in [0.2, 0.25) is 0 Å². The lowest BCUT2D eigenvalue weighted by atomic mass is 10.1. The first-order chi connectivity index (χ1) is 13.0. The van der Waals surface area contributed by atoms with E-state index in [2.05, 4.69) is 52.9 Å². The van der Waals surface area contributed by atoms with Gasteiger partial charge >= 0.3 is 0 Å². The summed E-state index contributed by atoms with van der Waals surface area (Å²) in [5, 5.41) is 0. The van der Waals surface area contributed by atoms with Crippen LogP contribution in [0.1, 0.15) is 21.5 Å². The van der Waals surface area contributed by atoms with Crippen LogP contribution in [0.15, 0.2) is 34.8 Å². The molecule has 1 aliphatic heterocycles. The Balaban J connectivity index is 1.74. The topological polar surface area (TPSA) is 42.0 Å². The zero-order valence-corrected chi connectivity index (χ0v) is 17.8. The third kappa shape index (κ3) is 3.90. The van der Waals surface area contributed by atoms with Gasteiger partial charge in [-0.15, -0.1) is 0 Å². The number of piperazine rings is 1. The molecule has 0 unspecified atom stereocenters. The minimum absolute atomic E-state index is 0.000265. The molecule has 144 valence electrons. The average Bonchev–Trinajstić information content (AvgIpc) is 2.70. The second kappa shape index (κ2) is 8.21. The number of benzene rings is 2. The Morgan fingerprint density at radius 1 is 1.00 bits per heavy atom. The molecule has 0 spiro atoms. The third-order valence-electron chi connectivity index (χ3n) is 5.18. The molecule has 0 aromatic heterocycles. The molecule has 6 heteroatoms. The van der Waals surface area contributed by atoms with E-state index in [-0.39, 0.29) is 5.91 Å². The van der Waals surface area contributed by atoms with Gasteiger partial charge in [0.15, 0.2) is 0 Å². The molecule has 0 radical (unpaired) electrons. The van der Waals surface area contributed by atoms with E-state index in [1.165, 1.54) is 16.8 Å². The lowest BCUT2D eigenvalue weighted by molar-refractivity contribution is 0.0746. The quantitative estimate of drug-likeness (QED) is 0.730. The molecule has 0 N–H and O–H groups in total. The Hall–Kier alpha value is -2.21. The molecule has 0 atom stereocenters. The molecule has 1 amide bonds. The number of halogens is 1. The molecular formula is C21H25BrN2O3. The number of ether oxygens (including phenoxy) is 2. The van der Waals surface area contributed by atoms with E-state index < -0.39 is 0 Å². The Kier molecular flexibility index (Phi) is 5.95. The van der Waals surface area contributed by atoms with Crippen LogP contribution in [0, 0.1) is 13.8 Å². The van der Waals surface area contributed by atoms with E-state index in [1.807, 2.05) is 4.90 Å². The number of anilines is 1. The minimum atomic E-state index is -0.000265. The number of carbonyl (C=O) groups excluding carboxylic acids is 1. The molecule has 0 bridgehead atoms. The van der Waals surface area contributed by atoms with Crippen molar-refractivity contribution in [1.82, 2.24) is 4.90 Å². The normalized spacial score (nSPS) is 14.3. The van der Waals surface area contributed by atoms with Crippen LogP contribution in [-0.4, -0.2) is 51.2 Å². The van der Waals surface area contributed by atoms with Gasteiger partial charge in [-0.3, -0.25) is 4.79 Å². The molecular weight excluding hydrogens is 408 g/mol. The van der Waals surface area contributed by atoms with Crippen LogP contribution in [0.3, 0.4) is 0 Å². The summed E-state index contributed by atoms with van der Waals surface area (Å²) in [5.41, 5.74) is 4.43. The summed E-state index contributed by atoms with van der Waals surface area (Å²) in [4.78, 5) is 17.2. The monoisotopic (exact) mass is 432 g/mol. The van der Waals surface area contributed by atoms with Crippen molar-refractivity contribution in [3.05, 3.63) is 51.5 Å². The Morgan fingerprint density at radius 3 is 2.15 bits per heavy atom. The maximum absolute atomic E-state index is 13.0. The molecule has 1 aliphatic rings. The summed E-state index contributed by atoms with van der Waals surface area (Å²) in [5.74, 6) is 1.18. The molecule has 0 saturated carbocycles. The van der Waals surface area contributed by atoms with Crippen LogP contribution < -0.4 is 14.4 Å². The number of amides is 1. The smallest absolute Gasteiger partial charge is 0.254 e. The summed E-state index contributed by atoms with van der Waals surface area (Å²) >= 11 is 3.45. The number of hydrogen-bond acceptors (Lipinski definition) is 4. The van der Waals surface area contributed by atoms with Crippen molar-refractivity contribution in [1.29, 1.82) is 0 Å². The molecule has 1 heterocycles. The van der Waals surface area contributed by atoms with Gasteiger partial charge in [0, 0.05) is 37.4 Å². The predicted octanol–water partition coefficient (Wildman–Crippen LogP) is 4.05. The highest BCUT2D eigenvalue weighted by atomic mass is 79.9. The van der Waals surface area contributed by atoms with Crippen LogP contribution in [0.5, 0.6) is 11.5 Å². The fraction of sp³-hybridized carbons (Fsp3) is 0.381. The SMILES string of the molecule is COc1cc(C(=O)N2CCN(c3cccc(C)c3C)CC2)cc(OC)c1Br. The van der Waals surface area contributed by atoms with Gasteiger partial charge in [-0.1, -0.05) is 12.1 Å². The van der Waals surface area contributed by atoms with Crippen LogP contribution in [0.25, 0.3) is 0 Å². The molecule has 3 rings (SSSR count). The van der Waals surface area contributed by atoms with Crippen molar-refractivity contribution in [2.45, 2.75) is 13.8 Å². The minimum Gasteiger partial charge on any atom is -0.495 e. The second-order valence-corrected chi connectivity index (χ2v) is 7.49. The predicted molar refractivity (Wildman–Crippen MR) is 111 cm³/mol. The molecule has 2 aromatic rings. The van der Waals surface area contributed by atoms with Gasteiger partial charge in [0.1, 0.15) is 16.0 Å². The van der Waals surface area contributed by atoms with E-state index in [1.54, 1.807) is 26.4 Å². The Morgan fingerprint density at radius 2 is 1.59 bits per heavy atom. The van der Waals surface area contributed by atoms with Crippen LogP contribution in [0.4, 0.5) is 5.69 Å². The van der Waals surface area contributed by atoms with Gasteiger partial charge in [-0.25, -0.2) is 0 Å². The van der Waals surface area contributed by atoms with Gasteiger partial charge in [0.05, 0.1) is 14.2 Å². The highest BCUT2D eigenvalue weighted by Gasteiger charge is 2.25. The highest BCUT2D eigenvalue weighted by molar-refractivity contribution is 9.10. The number of hydrogen-bond donors (Lipinski definition) is 0. The molecule has 2 aromatic carbocycles. The first kappa shape index (κ1) is 19.5. The van der Waals surface area contributed by atoms with Gasteiger partial charge in [-0.05, 0) is 59.1 Å². The number of carbonyl (C=O) groups is 1. The number of aryl methyl sites for hydroxylation is 1. The summed E-state index contributed by atoms with van der Waals surface area (Å²) in [6.07, 6.45) is 0. The van der Waals surface area contributed by atoms with Crippen LogP contribution >= 0.6 is 15.9 Å². The molecule has 1 fully saturated rings. The zero-order chi connectivity index (χ0) is 19.6. The van der Waals surface area contributed by atoms with Gasteiger partial charge in [-0.2, -0.15) is 0 Å². The summed E-state index contributed by atoms with van der Waals surface area (Å²) < 4.78 is 11.4. The summed E-state index contributed by atoms with van der Waals surface area (Å²) in [6, 6.07) is 9.89. The largest absolute Gasteiger partial charge is 0.495 e. The number of methoxy groups -OCH3 is 2. The lowest BCUT2D eigenvalue weighted by Gasteiger charge is -2.37. The van der Waals surface area contributed by atoms with E-state index in [4.69, 9.17) is 9.47 Å². The van der Waals surface area contributed by atoms with Gasteiger partial charge < -0.3 is 19.3 Å². The molecule has 0 aliphatic carbocycles. The van der Waals surface area contributed by atoms with Crippen molar-refractivity contribution in [2.75, 3.05) is 45.3 Å². The summed E-state index contributed by atoms with van der Waals surface area (Å²) in [6.45, 7) is 7.30. The van der Waals surface area contributed by atoms with Crippen LogP contribution in [-0.2, 0) is 0 Å². The highest BCUT2D eigenvalue weighted by Crippen LogP contribution is 2.36. The molecule has 1 saturated heterocycles.